The predicted molar refractivity (Wildman–Crippen MR) is 284 cm³/mol. The van der Waals surface area contributed by atoms with Crippen LogP contribution in [-0.4, -0.2) is 78.5 Å². The molecular weight excluding hydrogens is 1000 g/mol. The van der Waals surface area contributed by atoms with Crippen LogP contribution in [0.3, 0.4) is 0 Å². The van der Waals surface area contributed by atoms with Gasteiger partial charge < -0.3 is 35.8 Å². The number of rotatable bonds is 14. The summed E-state index contributed by atoms with van der Waals surface area (Å²) < 4.78 is 62.6. The van der Waals surface area contributed by atoms with Crippen molar-refractivity contribution in [3.63, 3.8) is 0 Å². The lowest BCUT2D eigenvalue weighted by Crippen LogP contribution is -2.38. The minimum atomic E-state index is -3.54. The van der Waals surface area contributed by atoms with Gasteiger partial charge in [-0.3, -0.25) is 4.79 Å². The van der Waals surface area contributed by atoms with Crippen LogP contribution in [0.1, 0.15) is 90.5 Å². The number of Topliss-reactive ketones (excluding diaryl/α,β-unsaturated/α-hetero) is 1. The van der Waals surface area contributed by atoms with Crippen LogP contribution in [0.2, 0.25) is 10.0 Å². The average Bonchev–Trinajstić information content (AvgIpc) is 3.34. The molecule has 0 bridgehead atoms. The molecule has 4 aromatic carbocycles. The van der Waals surface area contributed by atoms with Crippen molar-refractivity contribution in [1.29, 1.82) is 0 Å². The van der Waals surface area contributed by atoms with E-state index in [1.165, 1.54) is 12.4 Å². The van der Waals surface area contributed by atoms with Gasteiger partial charge in [-0.1, -0.05) is 61.3 Å². The Kier molecular flexibility index (Phi) is 15.8. The molecule has 2 aliphatic carbocycles. The minimum Gasteiger partial charge on any atom is -0.495 e. The maximum absolute atomic E-state index is 12.8. The number of hydrogen-bond donors (Lipinski definition) is 5. The van der Waals surface area contributed by atoms with Gasteiger partial charge in [-0.25, -0.2) is 26.8 Å². The van der Waals surface area contributed by atoms with Gasteiger partial charge in [-0.05, 0) is 132 Å². The number of ketones is 1. The van der Waals surface area contributed by atoms with Gasteiger partial charge in [0, 0.05) is 17.3 Å². The van der Waals surface area contributed by atoms with Crippen LogP contribution < -0.4 is 30.7 Å². The van der Waals surface area contributed by atoms with Crippen molar-refractivity contribution in [2.24, 2.45) is 0 Å². The van der Waals surface area contributed by atoms with Gasteiger partial charge in [-0.2, -0.15) is 9.97 Å². The Labute approximate surface area is 431 Å². The number of aryl methyl sites for hydroxylation is 2. The number of carbonyl (C=O) groups excluding carboxylic acids is 1. The second-order valence-corrected chi connectivity index (χ2v) is 25.0. The molecule has 20 heteroatoms. The fraction of sp³-hybridized carbons (Fsp3) is 0.365. The zero-order valence-corrected chi connectivity index (χ0v) is 45.0. The second-order valence-electron chi connectivity index (χ2n) is 19.2. The fourth-order valence-electron chi connectivity index (χ4n) is 8.59. The van der Waals surface area contributed by atoms with E-state index >= 15 is 0 Å². The van der Waals surface area contributed by atoms with Gasteiger partial charge in [0.05, 0.1) is 75.8 Å². The molecule has 0 fully saturated rings. The lowest BCUT2D eigenvalue weighted by molar-refractivity contribution is -0.124. The molecule has 72 heavy (non-hydrogen) atoms. The number of fused-ring (bicyclic) bond motifs is 2. The van der Waals surface area contributed by atoms with Crippen molar-refractivity contribution in [3.8, 4) is 11.5 Å². The highest BCUT2D eigenvalue weighted by Gasteiger charge is 2.38. The second kappa shape index (κ2) is 21.2. The van der Waals surface area contributed by atoms with Crippen molar-refractivity contribution < 1.29 is 36.2 Å². The summed E-state index contributed by atoms with van der Waals surface area (Å²) in [5.41, 5.74) is 5.13. The molecule has 1 atom stereocenters. The Hall–Kier alpha value is -6.05. The van der Waals surface area contributed by atoms with Crippen molar-refractivity contribution in [3.05, 3.63) is 117 Å². The molecular formula is C52H60Cl2N8O8S2. The lowest BCUT2D eigenvalue weighted by atomic mass is 9.70. The minimum absolute atomic E-state index is 0.160. The number of para-hydroxylation sites is 2. The maximum Gasteiger partial charge on any atom is 0.229 e. The van der Waals surface area contributed by atoms with Gasteiger partial charge in [0.1, 0.15) is 27.3 Å². The van der Waals surface area contributed by atoms with Crippen molar-refractivity contribution in [2.45, 2.75) is 118 Å². The first kappa shape index (κ1) is 53.7. The Morgan fingerprint density at radius 3 is 1.50 bits per heavy atom. The molecule has 2 aromatic heterocycles. The van der Waals surface area contributed by atoms with Crippen LogP contribution in [0, 0.1) is 0 Å². The highest BCUT2D eigenvalue weighted by molar-refractivity contribution is 7.92. The van der Waals surface area contributed by atoms with Crippen molar-refractivity contribution >= 4 is 94.9 Å². The number of halogens is 2. The standard InChI is InChI=1S/C26H31ClN4O4S.C26H29ClN4O4S/c2*1-15(2)36(33,34)22-9-7-6-8-19(22)29-24-18(27)14-28-25(31-24)30-20-13-17-16(12-21(20)35-5)10-11-23(32)26(17,3)4/h6-9,12-15,23,32H,10-11H2,1-5H3,(H2,28,29,30,31);6-9,12-15H,10-11H2,1-5H3,(H2,28,29,30,31). The van der Waals surface area contributed by atoms with Gasteiger partial charge in [0.2, 0.25) is 11.9 Å². The summed E-state index contributed by atoms with van der Waals surface area (Å²) in [7, 11) is -3.90. The monoisotopic (exact) mass is 1060 g/mol. The van der Waals surface area contributed by atoms with Crippen LogP contribution in [0.5, 0.6) is 11.5 Å². The third kappa shape index (κ3) is 11.0. The summed E-state index contributed by atoms with van der Waals surface area (Å²) in [6, 6.07) is 21.0. The van der Waals surface area contributed by atoms with Crippen LogP contribution >= 0.6 is 23.2 Å². The molecule has 6 aromatic rings. The summed E-state index contributed by atoms with van der Waals surface area (Å²) in [5.74, 6) is 2.39. The summed E-state index contributed by atoms with van der Waals surface area (Å²) in [6.45, 7) is 14.4. The number of benzene rings is 4. The van der Waals surface area contributed by atoms with E-state index in [0.717, 1.165) is 28.7 Å². The molecule has 16 nitrogen and oxygen atoms in total. The van der Waals surface area contributed by atoms with E-state index in [0.29, 0.717) is 53.5 Å². The number of nitrogens with zero attached hydrogens (tertiary/aromatic N) is 4. The largest absolute Gasteiger partial charge is 0.495 e. The third-order valence-corrected chi connectivity index (χ3v) is 18.1. The SMILES string of the molecule is COc1cc2c(cc1Nc1ncc(Cl)c(Nc3ccccc3S(=O)(=O)C(C)C)n1)C(C)(C)C(=O)CC2.COc1cc2c(cc1Nc1ncc(Cl)c(Nc3ccccc3S(=O)(=O)C(C)C)n1)C(C)(C)C(O)CC2. The van der Waals surface area contributed by atoms with Crippen molar-refractivity contribution in [2.75, 3.05) is 35.5 Å². The smallest absolute Gasteiger partial charge is 0.229 e. The molecule has 0 spiro atoms. The summed E-state index contributed by atoms with van der Waals surface area (Å²) in [5, 5.41) is 22.3. The van der Waals surface area contributed by atoms with E-state index in [1.54, 1.807) is 90.4 Å². The molecule has 0 radical (unpaired) electrons. The molecule has 0 aliphatic heterocycles. The predicted octanol–water partition coefficient (Wildman–Crippen LogP) is 11.0. The number of aliphatic hydroxyl groups is 1. The zero-order chi connectivity index (χ0) is 52.5. The molecule has 382 valence electrons. The third-order valence-electron chi connectivity index (χ3n) is 13.2. The zero-order valence-electron chi connectivity index (χ0n) is 41.8. The number of hydrogen-bond acceptors (Lipinski definition) is 16. The van der Waals surface area contributed by atoms with E-state index < -0.39 is 47.1 Å². The highest BCUT2D eigenvalue weighted by Crippen LogP contribution is 2.44. The molecule has 2 aliphatic rings. The Morgan fingerprint density at radius 2 is 1.06 bits per heavy atom. The number of ether oxygens (including phenoxy) is 2. The number of methoxy groups -OCH3 is 2. The number of nitrogens with one attached hydrogen (secondary N) is 4. The van der Waals surface area contributed by atoms with E-state index in [1.807, 2.05) is 52.0 Å². The quantitative estimate of drug-likeness (QED) is 0.0684. The fourth-order valence-corrected chi connectivity index (χ4v) is 11.3. The molecule has 0 amide bonds. The summed E-state index contributed by atoms with van der Waals surface area (Å²) in [4.78, 5) is 30.5. The van der Waals surface area contributed by atoms with E-state index in [-0.39, 0.29) is 49.2 Å². The van der Waals surface area contributed by atoms with Gasteiger partial charge >= 0.3 is 0 Å². The lowest BCUT2D eigenvalue weighted by Gasteiger charge is -2.38. The maximum atomic E-state index is 12.8. The van der Waals surface area contributed by atoms with Crippen LogP contribution in [0.4, 0.5) is 46.3 Å². The van der Waals surface area contributed by atoms with Crippen molar-refractivity contribution in [1.82, 2.24) is 19.9 Å². The van der Waals surface area contributed by atoms with Gasteiger partial charge in [0.25, 0.3) is 0 Å². The van der Waals surface area contributed by atoms with Crippen LogP contribution in [0.25, 0.3) is 0 Å². The number of aromatic nitrogens is 4. The Bertz CT molecular complexity index is 3260. The average molecular weight is 1060 g/mol. The van der Waals surface area contributed by atoms with Gasteiger partial charge in [-0.15, -0.1) is 0 Å². The molecule has 5 N–H and O–H groups in total. The molecule has 0 saturated carbocycles. The Balaban J connectivity index is 0.000000211. The molecule has 0 saturated heterocycles. The van der Waals surface area contributed by atoms with Crippen LogP contribution in [0.15, 0.2) is 95.0 Å². The molecule has 8 rings (SSSR count). The number of sulfone groups is 2. The molecule has 2 heterocycles. The molecule has 1 unspecified atom stereocenters. The summed E-state index contributed by atoms with van der Waals surface area (Å²) >= 11 is 12.7. The van der Waals surface area contributed by atoms with E-state index in [4.69, 9.17) is 32.7 Å². The number of carbonyl (C=O) groups is 1. The summed E-state index contributed by atoms with van der Waals surface area (Å²) in [6.07, 6.45) is 5.04. The van der Waals surface area contributed by atoms with Gasteiger partial charge in [0.15, 0.2) is 31.3 Å². The van der Waals surface area contributed by atoms with E-state index in [2.05, 4.69) is 41.2 Å². The first-order chi connectivity index (χ1) is 33.9. The normalized spacial score (nSPS) is 15.9. The number of anilines is 8. The van der Waals surface area contributed by atoms with E-state index in [9.17, 15) is 26.7 Å². The van der Waals surface area contributed by atoms with Crippen LogP contribution in [-0.2, 0) is 48.1 Å². The Morgan fingerprint density at radius 1 is 0.625 bits per heavy atom. The topological polar surface area (TPSA) is 224 Å². The first-order valence-corrected chi connectivity index (χ1v) is 27.2. The number of aliphatic hydroxyl groups excluding tert-OH is 1. The first-order valence-electron chi connectivity index (χ1n) is 23.3. The highest BCUT2D eigenvalue weighted by atomic mass is 35.5.